The van der Waals surface area contributed by atoms with E-state index in [1.165, 1.54) is 0 Å². The molecule has 0 radical (unpaired) electrons. The molecular weight excluding hydrogens is 240 g/mol. The molecule has 19 heavy (non-hydrogen) atoms. The van der Waals surface area contributed by atoms with Gasteiger partial charge in [-0.25, -0.2) is 4.98 Å². The Balaban J connectivity index is 3.32. The molecule has 1 aromatic heterocycles. The molecule has 1 unspecified atom stereocenters. The molecule has 0 amide bonds. The molecule has 0 aromatic carbocycles. The zero-order chi connectivity index (χ0) is 14.6. The number of anilines is 1. The number of amidine groups is 1. The highest BCUT2D eigenvalue weighted by atomic mass is 16.4. The fourth-order valence-corrected chi connectivity index (χ4v) is 2.26. The molecular formula is C14H24N4O. The van der Waals surface area contributed by atoms with Crippen LogP contribution >= 0.6 is 0 Å². The summed E-state index contributed by atoms with van der Waals surface area (Å²) >= 11 is 0. The van der Waals surface area contributed by atoms with E-state index in [2.05, 4.69) is 28.9 Å². The third-order valence-corrected chi connectivity index (χ3v) is 3.39. The highest BCUT2D eigenvalue weighted by Crippen LogP contribution is 2.24. The maximum Gasteiger partial charge on any atom is 0.174 e. The van der Waals surface area contributed by atoms with Crippen LogP contribution in [-0.4, -0.2) is 29.1 Å². The lowest BCUT2D eigenvalue weighted by molar-refractivity contribution is 0.318. The second-order valence-corrected chi connectivity index (χ2v) is 5.01. The summed E-state index contributed by atoms with van der Waals surface area (Å²) in [5, 5.41) is 12.1. The molecule has 5 nitrogen and oxygen atoms in total. The molecule has 0 aliphatic heterocycles. The first kappa shape index (κ1) is 15.3. The van der Waals surface area contributed by atoms with Crippen molar-refractivity contribution < 1.29 is 5.21 Å². The van der Waals surface area contributed by atoms with Gasteiger partial charge in [0, 0.05) is 18.8 Å². The Labute approximate surface area is 115 Å². The Hall–Kier alpha value is -1.78. The Kier molecular flexibility index (Phi) is 5.15. The molecule has 0 saturated heterocycles. The van der Waals surface area contributed by atoms with E-state index in [-0.39, 0.29) is 5.84 Å². The topological polar surface area (TPSA) is 74.7 Å². The summed E-state index contributed by atoms with van der Waals surface area (Å²) in [6, 6.07) is 2.29. The highest BCUT2D eigenvalue weighted by molar-refractivity contribution is 6.02. The zero-order valence-electron chi connectivity index (χ0n) is 12.4. The number of hydrogen-bond donors (Lipinski definition) is 2. The first-order valence-electron chi connectivity index (χ1n) is 6.61. The van der Waals surface area contributed by atoms with Crippen LogP contribution in [0.5, 0.6) is 0 Å². The number of oxime groups is 1. The van der Waals surface area contributed by atoms with Gasteiger partial charge in [-0.3, -0.25) is 0 Å². The number of hydrogen-bond acceptors (Lipinski definition) is 4. The molecule has 106 valence electrons. The number of rotatable bonds is 5. The van der Waals surface area contributed by atoms with Crippen molar-refractivity contribution >= 4 is 11.7 Å². The number of pyridine rings is 1. The van der Waals surface area contributed by atoms with Crippen LogP contribution in [0.3, 0.4) is 0 Å². The van der Waals surface area contributed by atoms with Crippen LogP contribution in [0.25, 0.3) is 0 Å². The van der Waals surface area contributed by atoms with Crippen molar-refractivity contribution in [3.8, 4) is 0 Å². The molecule has 1 atom stereocenters. The van der Waals surface area contributed by atoms with Crippen LogP contribution in [0.4, 0.5) is 5.82 Å². The second-order valence-electron chi connectivity index (χ2n) is 5.01. The van der Waals surface area contributed by atoms with E-state index >= 15 is 0 Å². The van der Waals surface area contributed by atoms with E-state index in [0.717, 1.165) is 29.9 Å². The van der Waals surface area contributed by atoms with Gasteiger partial charge in [0.15, 0.2) is 5.84 Å². The van der Waals surface area contributed by atoms with Gasteiger partial charge in [0.05, 0.1) is 5.56 Å². The number of aryl methyl sites for hydroxylation is 2. The van der Waals surface area contributed by atoms with Crippen LogP contribution in [0, 0.1) is 13.8 Å². The molecule has 1 aromatic rings. The molecule has 0 bridgehead atoms. The van der Waals surface area contributed by atoms with E-state index in [9.17, 15) is 0 Å². The van der Waals surface area contributed by atoms with Crippen molar-refractivity contribution in [2.45, 2.75) is 46.6 Å². The predicted octanol–water partition coefficient (Wildman–Crippen LogP) is 2.42. The Bertz CT molecular complexity index is 471. The van der Waals surface area contributed by atoms with Gasteiger partial charge in [-0.15, -0.1) is 0 Å². The monoisotopic (exact) mass is 264 g/mol. The SMILES string of the molecule is CCCC(C)N(C)c1nc(C)cc(C)c1/C(N)=N/O. The minimum absolute atomic E-state index is 0.107. The quantitative estimate of drug-likeness (QED) is 0.371. The molecule has 1 heterocycles. The molecule has 0 aliphatic rings. The summed E-state index contributed by atoms with van der Waals surface area (Å²) in [4.78, 5) is 6.65. The van der Waals surface area contributed by atoms with Crippen LogP contribution in [0.15, 0.2) is 11.2 Å². The van der Waals surface area contributed by atoms with Crippen molar-refractivity contribution in [1.29, 1.82) is 0 Å². The van der Waals surface area contributed by atoms with Gasteiger partial charge in [0.25, 0.3) is 0 Å². The van der Waals surface area contributed by atoms with Gasteiger partial charge in [-0.1, -0.05) is 18.5 Å². The maximum absolute atomic E-state index is 8.95. The van der Waals surface area contributed by atoms with Gasteiger partial charge in [-0.2, -0.15) is 0 Å². The fraction of sp³-hybridized carbons (Fsp3) is 0.571. The average molecular weight is 264 g/mol. The lowest BCUT2D eigenvalue weighted by atomic mass is 10.1. The molecule has 0 spiro atoms. The summed E-state index contributed by atoms with van der Waals surface area (Å²) in [6.07, 6.45) is 2.18. The van der Waals surface area contributed by atoms with Crippen LogP contribution in [-0.2, 0) is 0 Å². The van der Waals surface area contributed by atoms with Crippen molar-refractivity contribution in [3.05, 3.63) is 22.9 Å². The molecule has 5 heteroatoms. The third-order valence-electron chi connectivity index (χ3n) is 3.39. The lowest BCUT2D eigenvalue weighted by Crippen LogP contribution is -2.32. The van der Waals surface area contributed by atoms with Crippen molar-refractivity contribution in [1.82, 2.24) is 4.98 Å². The Morgan fingerprint density at radius 1 is 1.53 bits per heavy atom. The van der Waals surface area contributed by atoms with Crippen LogP contribution < -0.4 is 10.6 Å². The minimum atomic E-state index is 0.107. The standard InChI is InChI=1S/C14H24N4O/c1-6-7-11(4)18(5)14-12(13(15)17-19)9(2)8-10(3)16-14/h8,11,19H,6-7H2,1-5H3,(H2,15,17). The Morgan fingerprint density at radius 3 is 2.68 bits per heavy atom. The summed E-state index contributed by atoms with van der Waals surface area (Å²) in [5.74, 6) is 0.879. The van der Waals surface area contributed by atoms with E-state index in [1.54, 1.807) is 0 Å². The van der Waals surface area contributed by atoms with Gasteiger partial charge >= 0.3 is 0 Å². The molecule has 0 saturated carbocycles. The van der Waals surface area contributed by atoms with Gasteiger partial charge in [0.2, 0.25) is 0 Å². The normalized spacial score (nSPS) is 13.4. The summed E-state index contributed by atoms with van der Waals surface area (Å²) < 4.78 is 0. The van der Waals surface area contributed by atoms with Crippen LogP contribution in [0.2, 0.25) is 0 Å². The second kappa shape index (κ2) is 6.41. The number of aromatic nitrogens is 1. The first-order valence-corrected chi connectivity index (χ1v) is 6.61. The number of nitrogens with two attached hydrogens (primary N) is 1. The van der Waals surface area contributed by atoms with Gasteiger partial charge < -0.3 is 15.8 Å². The van der Waals surface area contributed by atoms with Gasteiger partial charge in [-0.05, 0) is 38.8 Å². The zero-order valence-corrected chi connectivity index (χ0v) is 12.4. The van der Waals surface area contributed by atoms with E-state index < -0.39 is 0 Å². The fourth-order valence-electron chi connectivity index (χ4n) is 2.26. The predicted molar refractivity (Wildman–Crippen MR) is 79.0 cm³/mol. The van der Waals surface area contributed by atoms with E-state index in [1.807, 2.05) is 27.0 Å². The van der Waals surface area contributed by atoms with Crippen molar-refractivity contribution in [2.75, 3.05) is 11.9 Å². The molecule has 1 rings (SSSR count). The van der Waals surface area contributed by atoms with E-state index in [4.69, 9.17) is 10.9 Å². The largest absolute Gasteiger partial charge is 0.409 e. The average Bonchev–Trinajstić information content (AvgIpc) is 2.36. The minimum Gasteiger partial charge on any atom is -0.409 e. The Morgan fingerprint density at radius 2 is 2.16 bits per heavy atom. The van der Waals surface area contributed by atoms with Crippen molar-refractivity contribution in [3.63, 3.8) is 0 Å². The van der Waals surface area contributed by atoms with Gasteiger partial charge in [0.1, 0.15) is 5.82 Å². The summed E-state index contributed by atoms with van der Waals surface area (Å²) in [5.41, 5.74) is 8.39. The maximum atomic E-state index is 8.95. The highest BCUT2D eigenvalue weighted by Gasteiger charge is 2.19. The molecule has 0 aliphatic carbocycles. The first-order chi connectivity index (χ1) is 8.92. The summed E-state index contributed by atoms with van der Waals surface area (Å²) in [7, 11) is 2.00. The smallest absolute Gasteiger partial charge is 0.174 e. The number of nitrogens with zero attached hydrogens (tertiary/aromatic N) is 3. The molecule has 0 fully saturated rings. The lowest BCUT2D eigenvalue weighted by Gasteiger charge is -2.28. The van der Waals surface area contributed by atoms with Crippen LogP contribution in [0.1, 0.15) is 43.5 Å². The summed E-state index contributed by atoms with van der Waals surface area (Å²) in [6.45, 7) is 8.21. The van der Waals surface area contributed by atoms with E-state index in [0.29, 0.717) is 11.6 Å². The van der Waals surface area contributed by atoms with Crippen molar-refractivity contribution in [2.24, 2.45) is 10.9 Å². The third kappa shape index (κ3) is 3.36. The molecule has 3 N–H and O–H groups in total.